The van der Waals surface area contributed by atoms with Gasteiger partial charge in [0.05, 0.1) is 11.6 Å². The number of nitrogens with one attached hydrogen (secondary N) is 3. The van der Waals surface area contributed by atoms with E-state index in [1.807, 2.05) is 0 Å². The highest BCUT2D eigenvalue weighted by atomic mass is 32.2. The molecular weight excluding hydrogens is 554 g/mol. The zero-order valence-corrected chi connectivity index (χ0v) is 22.1. The lowest BCUT2D eigenvalue weighted by molar-refractivity contribution is -0.117. The number of halogens is 4. The first-order valence-electron chi connectivity index (χ1n) is 11.8. The Balaban J connectivity index is 1.39. The number of thiocarbonyl (C=S) groups is 1. The number of aromatic nitrogens is 2. The molecule has 3 aliphatic carbocycles. The molecular formula is C22H25F4N5O3S3. The Labute approximate surface area is 220 Å². The Hall–Kier alpha value is -2.10. The number of fused-ring (bicyclic) bond motifs is 1. The maximum atomic E-state index is 13.4. The molecule has 2 aromatic rings. The fraction of sp³-hybridized carbons (Fsp3) is 0.591. The van der Waals surface area contributed by atoms with Crippen LogP contribution in [-0.2, 0) is 34.7 Å². The number of hydrogen-bond donors (Lipinski definition) is 3. The van der Waals surface area contributed by atoms with Gasteiger partial charge in [0.15, 0.2) is 0 Å². The molecule has 3 atom stereocenters. The van der Waals surface area contributed by atoms with Crippen molar-refractivity contribution in [2.45, 2.75) is 74.3 Å². The van der Waals surface area contributed by atoms with Crippen LogP contribution in [0.15, 0.2) is 11.0 Å². The zero-order valence-electron chi connectivity index (χ0n) is 19.6. The van der Waals surface area contributed by atoms with Crippen LogP contribution in [0.5, 0.6) is 0 Å². The summed E-state index contributed by atoms with van der Waals surface area (Å²) in [5, 5.41) is 9.62. The van der Waals surface area contributed by atoms with E-state index in [1.165, 1.54) is 17.8 Å². The summed E-state index contributed by atoms with van der Waals surface area (Å²) in [4.78, 5) is 13.3. The molecule has 3 aliphatic rings. The first kappa shape index (κ1) is 26.5. The molecule has 0 aromatic carbocycles. The van der Waals surface area contributed by atoms with E-state index in [9.17, 15) is 30.8 Å². The molecule has 2 saturated carbocycles. The molecule has 2 heterocycles. The van der Waals surface area contributed by atoms with Crippen LogP contribution in [0.1, 0.15) is 53.9 Å². The number of nitrogens with zero attached hydrogens (tertiary/aromatic N) is 2. The first-order chi connectivity index (χ1) is 17.4. The van der Waals surface area contributed by atoms with Crippen LogP contribution in [0.25, 0.3) is 0 Å². The molecule has 1 amide bonds. The predicted octanol–water partition coefficient (Wildman–Crippen LogP) is 3.32. The lowest BCUT2D eigenvalue weighted by Crippen LogP contribution is -2.45. The fourth-order valence-electron chi connectivity index (χ4n) is 4.68. The van der Waals surface area contributed by atoms with E-state index in [1.54, 1.807) is 0 Å². The molecule has 15 heteroatoms. The van der Waals surface area contributed by atoms with Gasteiger partial charge in [0.1, 0.15) is 32.9 Å². The number of sulfonamides is 1. The van der Waals surface area contributed by atoms with Gasteiger partial charge >= 0.3 is 0 Å². The molecule has 5 rings (SSSR count). The molecule has 0 bridgehead atoms. The monoisotopic (exact) mass is 579 g/mol. The van der Waals surface area contributed by atoms with Gasteiger partial charge in [0.25, 0.3) is 6.43 Å². The summed E-state index contributed by atoms with van der Waals surface area (Å²) in [7, 11) is -2.62. The van der Waals surface area contributed by atoms with E-state index < -0.39 is 52.4 Å². The average molecular weight is 580 g/mol. The second-order valence-corrected chi connectivity index (χ2v) is 12.9. The van der Waals surface area contributed by atoms with Crippen LogP contribution in [0.3, 0.4) is 0 Å². The topological polar surface area (TPSA) is 105 Å². The Kier molecular flexibility index (Phi) is 7.09. The highest BCUT2D eigenvalue weighted by Crippen LogP contribution is 2.43. The van der Waals surface area contributed by atoms with Crippen LogP contribution in [0.2, 0.25) is 0 Å². The number of carbonyl (C=O) groups is 1. The van der Waals surface area contributed by atoms with Crippen LogP contribution < -0.4 is 15.4 Å². The van der Waals surface area contributed by atoms with Crippen molar-refractivity contribution in [1.82, 2.24) is 19.8 Å². The van der Waals surface area contributed by atoms with Crippen molar-refractivity contribution in [3.05, 3.63) is 27.9 Å². The summed E-state index contributed by atoms with van der Waals surface area (Å²) >= 11 is 6.56. The summed E-state index contributed by atoms with van der Waals surface area (Å²) in [6.45, 7) is 0. The smallest absolute Gasteiger partial charge is 0.282 e. The number of anilines is 1. The van der Waals surface area contributed by atoms with E-state index >= 15 is 0 Å². The van der Waals surface area contributed by atoms with Crippen LogP contribution in [0.4, 0.5) is 22.6 Å². The molecule has 3 N–H and O–H groups in total. The molecule has 0 aliphatic heterocycles. The Morgan fingerprint density at radius 2 is 1.95 bits per heavy atom. The van der Waals surface area contributed by atoms with Gasteiger partial charge in [0, 0.05) is 24.0 Å². The summed E-state index contributed by atoms with van der Waals surface area (Å²) in [6, 6.07) is 0.352. The standard InChI is InChI=1S/C22H25F4N5O3S3/c1-31-16(8-15(29-31)19(25)26)21(35)27-10-2-3-17-13(6-10)18(37(33,34)30-11-4-9(23)5-11)22(36-17)28-20(32)12-7-14(12)24/h8-12,14,19,30H,2-7H2,1H3,(H,27,35)(H,28,32)/t9?,10-,11?,12-,14-/m0/s1. The second kappa shape index (κ2) is 9.89. The molecule has 37 heavy (non-hydrogen) atoms. The number of aryl methyl sites for hydroxylation is 2. The molecule has 2 aromatic heterocycles. The maximum Gasteiger partial charge on any atom is 0.282 e. The van der Waals surface area contributed by atoms with Crippen molar-refractivity contribution in [3.8, 4) is 0 Å². The highest BCUT2D eigenvalue weighted by Gasteiger charge is 2.45. The van der Waals surface area contributed by atoms with Gasteiger partial charge in [0.2, 0.25) is 15.9 Å². The van der Waals surface area contributed by atoms with Crippen molar-refractivity contribution in [2.24, 2.45) is 13.0 Å². The molecule has 8 nitrogen and oxygen atoms in total. The molecule has 202 valence electrons. The molecule has 0 spiro atoms. The van der Waals surface area contributed by atoms with E-state index in [4.69, 9.17) is 12.2 Å². The molecule has 0 saturated heterocycles. The van der Waals surface area contributed by atoms with Crippen molar-refractivity contribution in [3.63, 3.8) is 0 Å². The van der Waals surface area contributed by atoms with Gasteiger partial charge in [-0.1, -0.05) is 12.2 Å². The number of amides is 1. The van der Waals surface area contributed by atoms with Crippen molar-refractivity contribution in [2.75, 3.05) is 5.32 Å². The molecule has 0 radical (unpaired) electrons. The Morgan fingerprint density at radius 3 is 2.54 bits per heavy atom. The lowest BCUT2D eigenvalue weighted by Gasteiger charge is -2.30. The van der Waals surface area contributed by atoms with E-state index in [2.05, 4.69) is 20.5 Å². The largest absolute Gasteiger partial charge is 0.371 e. The third kappa shape index (κ3) is 5.40. The van der Waals surface area contributed by atoms with Crippen molar-refractivity contribution < 1.29 is 30.8 Å². The van der Waals surface area contributed by atoms with Crippen LogP contribution in [-0.4, -0.2) is 53.5 Å². The Morgan fingerprint density at radius 1 is 1.24 bits per heavy atom. The number of thiophene rings is 1. The number of carbonyl (C=O) groups excluding carboxylic acids is 1. The quantitative estimate of drug-likeness (QED) is 0.328. The van der Waals surface area contributed by atoms with Gasteiger partial charge in [-0.2, -0.15) is 5.10 Å². The van der Waals surface area contributed by atoms with Gasteiger partial charge in [-0.25, -0.2) is 30.7 Å². The van der Waals surface area contributed by atoms with E-state index in [-0.39, 0.29) is 46.6 Å². The summed E-state index contributed by atoms with van der Waals surface area (Å²) in [5.41, 5.74) is 0.407. The number of hydrogen-bond acceptors (Lipinski definition) is 6. The van der Waals surface area contributed by atoms with Gasteiger partial charge in [-0.15, -0.1) is 11.3 Å². The number of rotatable bonds is 8. The maximum absolute atomic E-state index is 13.4. The van der Waals surface area contributed by atoms with Crippen molar-refractivity contribution in [1.29, 1.82) is 0 Å². The predicted molar refractivity (Wildman–Crippen MR) is 133 cm³/mol. The Bertz CT molecular complexity index is 1340. The van der Waals surface area contributed by atoms with E-state index in [0.717, 1.165) is 16.2 Å². The van der Waals surface area contributed by atoms with Crippen LogP contribution in [0, 0.1) is 5.92 Å². The minimum absolute atomic E-state index is 0.0720. The van der Waals surface area contributed by atoms with Gasteiger partial charge < -0.3 is 10.6 Å². The molecule has 2 fully saturated rings. The second-order valence-electron chi connectivity index (χ2n) is 9.69. The summed E-state index contributed by atoms with van der Waals surface area (Å²) in [6.07, 6.45) is -3.50. The first-order valence-corrected chi connectivity index (χ1v) is 14.5. The van der Waals surface area contributed by atoms with Crippen molar-refractivity contribution >= 4 is 49.5 Å². The lowest BCUT2D eigenvalue weighted by atomic mass is 9.92. The zero-order chi connectivity index (χ0) is 26.6. The summed E-state index contributed by atoms with van der Waals surface area (Å²) in [5.74, 6) is -1.37. The SMILES string of the molecule is Cn1nc(C(F)F)cc1C(=S)N[C@H]1CCc2sc(NC(=O)[C@H]3C[C@@H]3F)c(S(=O)(=O)NC3CC(F)C3)c2C1. The minimum atomic E-state index is -4.13. The fourth-order valence-corrected chi connectivity index (χ4v) is 8.27. The third-order valence-electron chi connectivity index (χ3n) is 6.86. The van der Waals surface area contributed by atoms with Gasteiger partial charge in [-0.3, -0.25) is 9.48 Å². The third-order valence-corrected chi connectivity index (χ3v) is 10.2. The average Bonchev–Trinajstić information content (AvgIpc) is 3.22. The summed E-state index contributed by atoms with van der Waals surface area (Å²) < 4.78 is 83.5. The highest BCUT2D eigenvalue weighted by molar-refractivity contribution is 7.90. The van der Waals surface area contributed by atoms with E-state index in [0.29, 0.717) is 24.1 Å². The number of alkyl halides is 4. The normalized spacial score (nSPS) is 26.9. The minimum Gasteiger partial charge on any atom is -0.371 e. The van der Waals surface area contributed by atoms with Gasteiger partial charge in [-0.05, 0) is 50.2 Å². The molecule has 0 unspecified atom stereocenters. The van der Waals surface area contributed by atoms with Crippen LogP contribution >= 0.6 is 23.6 Å².